The number of oxime groups is 1. The number of β-lactam (4-membered cyclic amide) rings is 1. The average molecular weight is 514 g/mol. The highest BCUT2D eigenvalue weighted by molar-refractivity contribution is 7.80. The van der Waals surface area contributed by atoms with Crippen molar-refractivity contribution in [1.29, 1.82) is 0 Å². The van der Waals surface area contributed by atoms with Crippen LogP contribution in [0.3, 0.4) is 0 Å². The van der Waals surface area contributed by atoms with Crippen molar-refractivity contribution < 1.29 is 49.4 Å². The number of thiazole rings is 1. The molecule has 0 radical (unpaired) electrons. The monoisotopic (exact) mass is 513 g/mol. The summed E-state index contributed by atoms with van der Waals surface area (Å²) in [6, 6.07) is -2.43. The normalized spacial score (nSPS) is 21.8. The van der Waals surface area contributed by atoms with Crippen LogP contribution in [0.1, 0.15) is 48.4 Å². The zero-order valence-electron chi connectivity index (χ0n) is 23.7. The second-order valence-electron chi connectivity index (χ2n) is 7.40. The van der Waals surface area contributed by atoms with Crippen LogP contribution in [0.4, 0.5) is 5.13 Å². The van der Waals surface area contributed by atoms with Gasteiger partial charge in [-0.1, -0.05) is 5.16 Å². The minimum Gasteiger partial charge on any atom is -0.457 e. The molecular weight excluding hydrogens is 482 g/mol. The van der Waals surface area contributed by atoms with E-state index in [9.17, 15) is 22.8 Å². The SMILES string of the molecule is [2H]C([2H])([2H])C1(C([2H])([2H])[2H])[C@H](NC(=O)/C(=N\OCC(=O)OC(C)(C)C)c2csc(NC)n2)C(=O)N1OS(=O)(=O)O. The van der Waals surface area contributed by atoms with Crippen LogP contribution in [0.2, 0.25) is 0 Å². The number of hydroxylamine groups is 2. The first-order valence-corrected chi connectivity index (χ1v) is 11.2. The molecule has 2 rings (SSSR count). The van der Waals surface area contributed by atoms with Crippen LogP contribution in [-0.4, -0.2) is 77.3 Å². The Bertz CT molecular complexity index is 1240. The van der Waals surface area contributed by atoms with Crippen molar-refractivity contribution in [2.24, 2.45) is 5.16 Å². The van der Waals surface area contributed by atoms with Gasteiger partial charge in [-0.25, -0.2) is 9.78 Å². The van der Waals surface area contributed by atoms with E-state index in [1.165, 1.54) is 12.4 Å². The summed E-state index contributed by atoms with van der Waals surface area (Å²) >= 11 is 0.997. The number of carbonyl (C=O) groups excluding carboxylic acids is 3. The van der Waals surface area contributed by atoms with E-state index in [4.69, 9.17) is 22.4 Å². The van der Waals surface area contributed by atoms with Crippen molar-refractivity contribution in [3.05, 3.63) is 11.1 Å². The Morgan fingerprint density at radius 1 is 1.42 bits per heavy atom. The molecule has 0 spiro atoms. The number of aromatic nitrogens is 1. The third kappa shape index (κ3) is 6.83. The van der Waals surface area contributed by atoms with Gasteiger partial charge in [-0.2, -0.15) is 13.5 Å². The van der Waals surface area contributed by atoms with E-state index >= 15 is 0 Å². The average Bonchev–Trinajstić information content (AvgIpc) is 3.20. The summed E-state index contributed by atoms with van der Waals surface area (Å²) in [7, 11) is -4.05. The molecule has 1 aromatic heterocycles. The number of carbonyl (C=O) groups is 3. The highest BCUT2D eigenvalue weighted by Crippen LogP contribution is 2.33. The second kappa shape index (κ2) is 9.58. The smallest absolute Gasteiger partial charge is 0.418 e. The number of rotatable bonds is 9. The zero-order chi connectivity index (χ0) is 30.2. The maximum atomic E-state index is 13.2. The molecule has 1 aliphatic rings. The van der Waals surface area contributed by atoms with Gasteiger partial charge in [-0.3, -0.25) is 14.1 Å². The fraction of sp³-hybridized carbons (Fsp3) is 0.588. The van der Waals surface area contributed by atoms with Crippen molar-refractivity contribution in [3.8, 4) is 0 Å². The van der Waals surface area contributed by atoms with Crippen LogP contribution in [-0.2, 0) is 38.6 Å². The summed E-state index contributed by atoms with van der Waals surface area (Å²) in [4.78, 5) is 46.7. The van der Waals surface area contributed by atoms with Crippen molar-refractivity contribution in [2.75, 3.05) is 19.0 Å². The number of esters is 1. The topological polar surface area (TPSA) is 186 Å². The number of hydrogen-bond donors (Lipinski definition) is 3. The van der Waals surface area contributed by atoms with Crippen LogP contribution in [0.5, 0.6) is 0 Å². The largest absolute Gasteiger partial charge is 0.457 e. The first kappa shape index (κ1) is 18.6. The van der Waals surface area contributed by atoms with E-state index < -0.39 is 76.5 Å². The number of ether oxygens (including phenoxy) is 1. The van der Waals surface area contributed by atoms with Gasteiger partial charge in [0.2, 0.25) is 6.61 Å². The Hall–Kier alpha value is -2.82. The Labute approximate surface area is 202 Å². The van der Waals surface area contributed by atoms with E-state index in [1.807, 2.05) is 5.32 Å². The van der Waals surface area contributed by atoms with Crippen LogP contribution in [0.25, 0.3) is 0 Å². The highest BCUT2D eigenvalue weighted by Gasteiger charge is 2.58. The lowest BCUT2D eigenvalue weighted by Crippen LogP contribution is -2.76. The van der Waals surface area contributed by atoms with Crippen molar-refractivity contribution in [3.63, 3.8) is 0 Å². The number of nitrogens with one attached hydrogen (secondary N) is 2. The summed E-state index contributed by atoms with van der Waals surface area (Å²) in [5.41, 5.74) is -5.21. The number of amides is 2. The van der Waals surface area contributed by atoms with Gasteiger partial charge in [-0.05, 0) is 34.5 Å². The number of hydrogen-bond acceptors (Lipinski definition) is 12. The van der Waals surface area contributed by atoms with Gasteiger partial charge in [0.25, 0.3) is 11.8 Å². The minimum atomic E-state index is -5.56. The molecule has 3 N–H and O–H groups in total. The van der Waals surface area contributed by atoms with Gasteiger partial charge in [0.1, 0.15) is 17.3 Å². The van der Waals surface area contributed by atoms with Crippen molar-refractivity contribution in [1.82, 2.24) is 15.4 Å². The lowest BCUT2D eigenvalue weighted by atomic mass is 9.84. The van der Waals surface area contributed by atoms with E-state index in [-0.39, 0.29) is 10.8 Å². The van der Waals surface area contributed by atoms with Gasteiger partial charge in [0.15, 0.2) is 10.8 Å². The van der Waals surface area contributed by atoms with Gasteiger partial charge in [0.05, 0.1) is 5.54 Å². The lowest BCUT2D eigenvalue weighted by Gasteiger charge is -2.50. The van der Waals surface area contributed by atoms with Crippen molar-refractivity contribution >= 4 is 50.4 Å². The molecule has 33 heavy (non-hydrogen) atoms. The highest BCUT2D eigenvalue weighted by atomic mass is 32.3. The number of anilines is 1. The lowest BCUT2D eigenvalue weighted by molar-refractivity contribution is -0.218. The molecule has 2 amide bonds. The zero-order valence-corrected chi connectivity index (χ0v) is 19.4. The van der Waals surface area contributed by atoms with Crippen LogP contribution in [0, 0.1) is 0 Å². The minimum absolute atomic E-state index is 0.183. The first-order chi connectivity index (χ1) is 17.5. The van der Waals surface area contributed by atoms with Gasteiger partial charge < -0.3 is 20.2 Å². The fourth-order valence-corrected chi connectivity index (χ4v) is 3.33. The summed E-state index contributed by atoms with van der Waals surface area (Å²) in [5.74, 6) is -3.87. The van der Waals surface area contributed by atoms with Crippen LogP contribution >= 0.6 is 11.3 Å². The van der Waals surface area contributed by atoms with Crippen LogP contribution in [0.15, 0.2) is 10.5 Å². The Kier molecular flexibility index (Phi) is 5.40. The molecule has 0 saturated carbocycles. The molecular formula is C17H25N5O9S2. The molecule has 1 aliphatic heterocycles. The molecule has 0 bridgehead atoms. The van der Waals surface area contributed by atoms with E-state index in [0.29, 0.717) is 0 Å². The van der Waals surface area contributed by atoms with Crippen molar-refractivity contribution in [2.45, 2.75) is 51.7 Å². The molecule has 1 fully saturated rings. The Morgan fingerprint density at radius 3 is 2.61 bits per heavy atom. The molecule has 0 unspecified atom stereocenters. The summed E-state index contributed by atoms with van der Waals surface area (Å²) < 4.78 is 87.1. The van der Waals surface area contributed by atoms with E-state index in [1.54, 1.807) is 20.8 Å². The molecule has 184 valence electrons. The summed E-state index contributed by atoms with van der Waals surface area (Å²) in [6.45, 7) is -3.39. The molecule has 0 aliphatic carbocycles. The quantitative estimate of drug-likeness (QED) is 0.133. The summed E-state index contributed by atoms with van der Waals surface area (Å²) in [6.07, 6.45) is 0. The fourth-order valence-electron chi connectivity index (χ4n) is 2.30. The van der Waals surface area contributed by atoms with E-state index in [0.717, 1.165) is 11.3 Å². The second-order valence-corrected chi connectivity index (χ2v) is 9.26. The molecule has 1 saturated heterocycles. The molecule has 0 aromatic carbocycles. The predicted octanol–water partition coefficient (Wildman–Crippen LogP) is 0.0872. The maximum Gasteiger partial charge on any atom is 0.418 e. The van der Waals surface area contributed by atoms with Gasteiger partial charge >= 0.3 is 16.4 Å². The van der Waals surface area contributed by atoms with Crippen LogP contribution < -0.4 is 10.6 Å². The molecule has 1 atom stereocenters. The molecule has 16 heteroatoms. The molecule has 14 nitrogen and oxygen atoms in total. The summed E-state index contributed by atoms with van der Waals surface area (Å²) in [5, 5.41) is 9.18. The maximum absolute atomic E-state index is 13.2. The Morgan fingerprint density at radius 2 is 2.09 bits per heavy atom. The third-order valence-corrected chi connectivity index (χ3v) is 4.76. The molecule has 1 aromatic rings. The third-order valence-electron chi connectivity index (χ3n) is 3.56. The number of nitrogens with zero attached hydrogens (tertiary/aromatic N) is 3. The standard InChI is InChI=1S/C17H25N5O9S2/c1-16(2,3)30-10(23)7-29-21-11(9-8-32-15(18-6)19-9)13(24)20-12-14(25)22(17(12,4)5)31-33(26,27)28/h8,12H,7H2,1-6H3,(H,18,19)(H,20,24)(H,26,27,28)/b21-11-/t12-/m1/s1/i4D3,5D3. The Balaban J connectivity index is 2.48. The molecule has 2 heterocycles. The predicted molar refractivity (Wildman–Crippen MR) is 115 cm³/mol. The van der Waals surface area contributed by atoms with Gasteiger partial charge in [0, 0.05) is 20.7 Å². The van der Waals surface area contributed by atoms with Gasteiger partial charge in [-0.15, -0.1) is 15.6 Å². The van der Waals surface area contributed by atoms with E-state index in [2.05, 4.69) is 19.7 Å². The first-order valence-electron chi connectivity index (χ1n) is 11.9.